The molecule has 0 unspecified atom stereocenters. The van der Waals surface area contributed by atoms with Crippen LogP contribution in [0.25, 0.3) is 0 Å². The summed E-state index contributed by atoms with van der Waals surface area (Å²) in [6, 6.07) is 3.21. The zero-order chi connectivity index (χ0) is 18.7. The normalized spacial score (nSPS) is 18.4. The zero-order valence-electron chi connectivity index (χ0n) is 15.6. The van der Waals surface area contributed by atoms with E-state index in [4.69, 9.17) is 23.5 Å². The van der Waals surface area contributed by atoms with Crippen LogP contribution in [0.15, 0.2) is 24.2 Å². The number of methoxy groups -OCH3 is 2. The number of benzene rings is 1. The summed E-state index contributed by atoms with van der Waals surface area (Å²) in [6.07, 6.45) is 2.52. The first-order chi connectivity index (χ1) is 11.7. The van der Waals surface area contributed by atoms with Crippen LogP contribution in [-0.4, -0.2) is 45.4 Å². The van der Waals surface area contributed by atoms with Gasteiger partial charge in [-0.25, -0.2) is 0 Å². The molecule has 0 N–H and O–H groups in total. The van der Waals surface area contributed by atoms with Crippen molar-refractivity contribution in [2.24, 2.45) is 0 Å². The maximum absolute atomic E-state index is 11.2. The number of hydrogen-bond acceptors (Lipinski definition) is 6. The Morgan fingerprint density at radius 2 is 1.56 bits per heavy atom. The molecule has 1 aromatic rings. The summed E-state index contributed by atoms with van der Waals surface area (Å²) in [5.41, 5.74) is -0.366. The van der Waals surface area contributed by atoms with Gasteiger partial charge in [-0.15, -0.1) is 0 Å². The molecule has 2 rings (SSSR count). The minimum atomic E-state index is -0.426. The van der Waals surface area contributed by atoms with Gasteiger partial charge in [0.2, 0.25) is 0 Å². The standard InChI is InChI=1S/C18H25BO6/c1-17(2)18(3,4)25-19(24-17)8-7-9-23-14-11-16(22-6)15(21-5)10-13(14)12-20/h7-8,10-12H,9H2,1-6H3/b8-7+. The second kappa shape index (κ2) is 7.50. The van der Waals surface area contributed by atoms with Crippen LogP contribution in [0.5, 0.6) is 17.2 Å². The van der Waals surface area contributed by atoms with Crippen molar-refractivity contribution in [1.29, 1.82) is 0 Å². The number of hydrogen-bond donors (Lipinski definition) is 0. The highest BCUT2D eigenvalue weighted by Gasteiger charge is 2.49. The fourth-order valence-electron chi connectivity index (χ4n) is 2.36. The smallest absolute Gasteiger partial charge is 0.486 e. The van der Waals surface area contributed by atoms with Crippen molar-refractivity contribution in [2.75, 3.05) is 20.8 Å². The van der Waals surface area contributed by atoms with Crippen molar-refractivity contribution in [3.8, 4) is 17.2 Å². The Kier molecular flexibility index (Phi) is 5.80. The van der Waals surface area contributed by atoms with Gasteiger partial charge in [0.25, 0.3) is 0 Å². The molecule has 6 nitrogen and oxygen atoms in total. The Morgan fingerprint density at radius 1 is 1.00 bits per heavy atom. The van der Waals surface area contributed by atoms with Gasteiger partial charge < -0.3 is 23.5 Å². The van der Waals surface area contributed by atoms with Gasteiger partial charge in [0, 0.05) is 6.07 Å². The van der Waals surface area contributed by atoms with Crippen molar-refractivity contribution in [2.45, 2.75) is 38.9 Å². The van der Waals surface area contributed by atoms with Crippen molar-refractivity contribution in [1.82, 2.24) is 0 Å². The van der Waals surface area contributed by atoms with E-state index in [2.05, 4.69) is 0 Å². The van der Waals surface area contributed by atoms with E-state index >= 15 is 0 Å². The summed E-state index contributed by atoms with van der Waals surface area (Å²) in [7, 11) is 2.62. The van der Waals surface area contributed by atoms with E-state index in [0.29, 0.717) is 22.8 Å². The van der Waals surface area contributed by atoms with Gasteiger partial charge in [0.1, 0.15) is 12.4 Å². The predicted octanol–water partition coefficient (Wildman–Crippen LogP) is 3.08. The summed E-state index contributed by atoms with van der Waals surface area (Å²) in [5, 5.41) is 0. The van der Waals surface area contributed by atoms with Crippen LogP contribution in [0.1, 0.15) is 38.1 Å². The zero-order valence-corrected chi connectivity index (χ0v) is 15.6. The molecule has 0 aromatic heterocycles. The van der Waals surface area contributed by atoms with Gasteiger partial charge in [-0.1, -0.05) is 12.1 Å². The molecule has 1 aromatic carbocycles. The Bertz CT molecular complexity index is 637. The van der Waals surface area contributed by atoms with Gasteiger partial charge in [0.05, 0.1) is 31.0 Å². The maximum atomic E-state index is 11.2. The highest BCUT2D eigenvalue weighted by Crippen LogP contribution is 2.37. The molecule has 0 bridgehead atoms. The van der Waals surface area contributed by atoms with Crippen LogP contribution in [0, 0.1) is 0 Å². The second-order valence-corrected chi connectivity index (χ2v) is 6.73. The van der Waals surface area contributed by atoms with E-state index in [0.717, 1.165) is 6.29 Å². The fraction of sp³-hybridized carbons (Fsp3) is 0.500. The third-order valence-corrected chi connectivity index (χ3v) is 4.54. The van der Waals surface area contributed by atoms with Gasteiger partial charge in [0.15, 0.2) is 17.8 Å². The Morgan fingerprint density at radius 3 is 2.08 bits per heavy atom. The van der Waals surface area contributed by atoms with Crippen molar-refractivity contribution in [3.05, 3.63) is 29.7 Å². The molecule has 136 valence electrons. The molecule has 25 heavy (non-hydrogen) atoms. The third-order valence-electron chi connectivity index (χ3n) is 4.54. The molecule has 1 heterocycles. The number of ether oxygens (including phenoxy) is 3. The number of aldehydes is 1. The minimum Gasteiger partial charge on any atom is -0.493 e. The van der Waals surface area contributed by atoms with Gasteiger partial charge >= 0.3 is 7.12 Å². The van der Waals surface area contributed by atoms with Crippen molar-refractivity contribution < 1.29 is 28.3 Å². The number of carbonyl (C=O) groups excluding carboxylic acids is 1. The van der Waals surface area contributed by atoms with E-state index in [9.17, 15) is 4.79 Å². The van der Waals surface area contributed by atoms with Gasteiger partial charge in [-0.3, -0.25) is 4.79 Å². The molecule has 0 saturated carbocycles. The molecule has 0 amide bonds. The molecular formula is C18H25BO6. The molecule has 1 aliphatic rings. The van der Waals surface area contributed by atoms with E-state index < -0.39 is 7.12 Å². The fourth-order valence-corrected chi connectivity index (χ4v) is 2.36. The third kappa shape index (κ3) is 4.17. The lowest BCUT2D eigenvalue weighted by Crippen LogP contribution is -2.41. The van der Waals surface area contributed by atoms with Crippen LogP contribution in [-0.2, 0) is 9.31 Å². The Hall–Kier alpha value is -1.99. The van der Waals surface area contributed by atoms with Crippen LogP contribution >= 0.6 is 0 Å². The topological polar surface area (TPSA) is 63.2 Å². The number of rotatable bonds is 7. The lowest BCUT2D eigenvalue weighted by molar-refractivity contribution is 0.00578. The Balaban J connectivity index is 2.01. The van der Waals surface area contributed by atoms with Crippen molar-refractivity contribution >= 4 is 13.4 Å². The quantitative estimate of drug-likeness (QED) is 0.557. The molecule has 1 saturated heterocycles. The summed E-state index contributed by atoms with van der Waals surface area (Å²) in [6.45, 7) is 8.25. The molecular weight excluding hydrogens is 323 g/mol. The average Bonchev–Trinajstić information content (AvgIpc) is 2.77. The maximum Gasteiger partial charge on any atom is 0.486 e. The highest BCUT2D eigenvalue weighted by molar-refractivity contribution is 6.51. The average molecular weight is 348 g/mol. The summed E-state index contributed by atoms with van der Waals surface area (Å²) in [5.74, 6) is 3.20. The molecule has 1 fully saturated rings. The predicted molar refractivity (Wildman–Crippen MR) is 95.7 cm³/mol. The molecule has 0 spiro atoms. The lowest BCUT2D eigenvalue weighted by atomic mass is 9.90. The minimum absolute atomic E-state index is 0.264. The first-order valence-corrected chi connectivity index (χ1v) is 8.10. The molecule has 0 radical (unpaired) electrons. The SMILES string of the molecule is COc1cc(C=O)c(OC/C=C/B2OC(C)(C)C(C)(C)O2)cc1OC. The first kappa shape index (κ1) is 19.3. The van der Waals surface area contributed by atoms with Crippen LogP contribution in [0.4, 0.5) is 0 Å². The van der Waals surface area contributed by atoms with Crippen LogP contribution in [0.3, 0.4) is 0 Å². The van der Waals surface area contributed by atoms with Crippen LogP contribution in [0.2, 0.25) is 0 Å². The monoisotopic (exact) mass is 348 g/mol. The molecule has 7 heteroatoms. The van der Waals surface area contributed by atoms with Crippen molar-refractivity contribution in [3.63, 3.8) is 0 Å². The van der Waals surface area contributed by atoms with E-state index in [-0.39, 0.29) is 17.8 Å². The van der Waals surface area contributed by atoms with Gasteiger partial charge in [-0.05, 0) is 33.8 Å². The molecule has 0 aliphatic carbocycles. The van der Waals surface area contributed by atoms with E-state index in [1.807, 2.05) is 27.7 Å². The molecule has 1 aliphatic heterocycles. The second-order valence-electron chi connectivity index (χ2n) is 6.73. The first-order valence-electron chi connectivity index (χ1n) is 8.10. The Labute approximate surface area is 149 Å². The summed E-state index contributed by atoms with van der Waals surface area (Å²) >= 11 is 0. The number of carbonyl (C=O) groups is 1. The van der Waals surface area contributed by atoms with E-state index in [1.165, 1.54) is 14.2 Å². The molecule has 0 atom stereocenters. The largest absolute Gasteiger partial charge is 0.493 e. The highest BCUT2D eigenvalue weighted by atomic mass is 16.7. The van der Waals surface area contributed by atoms with Gasteiger partial charge in [-0.2, -0.15) is 0 Å². The summed E-state index contributed by atoms with van der Waals surface area (Å²) in [4.78, 5) is 11.2. The lowest BCUT2D eigenvalue weighted by Gasteiger charge is -2.32. The van der Waals surface area contributed by atoms with Crippen LogP contribution < -0.4 is 14.2 Å². The summed E-state index contributed by atoms with van der Waals surface area (Å²) < 4.78 is 27.8. The van der Waals surface area contributed by atoms with E-state index in [1.54, 1.807) is 24.2 Å².